The Balaban J connectivity index is 2.33. The highest BCUT2D eigenvalue weighted by atomic mass is 32.2. The second-order valence-corrected chi connectivity index (χ2v) is 6.33. The molecule has 8 heteroatoms. The van der Waals surface area contributed by atoms with Crippen LogP contribution in [0.15, 0.2) is 18.2 Å². The zero-order chi connectivity index (χ0) is 14.8. The number of nitrogens with two attached hydrogens (primary N) is 1. The summed E-state index contributed by atoms with van der Waals surface area (Å²) in [4.78, 5) is 4.26. The number of sulfonamides is 1. The highest BCUT2D eigenvalue weighted by Crippen LogP contribution is 2.19. The largest absolute Gasteiger partial charge is 0.399 e. The standard InChI is InChI=1S/C12H18N4O3S/c1-2-14-20(18,19)6-5-16-11-4-3-9(13)7-10(11)15-12(16)8-17/h3-4,7,14,17H,2,5-6,8,13H2,1H3. The van der Waals surface area contributed by atoms with Crippen molar-refractivity contribution >= 4 is 26.7 Å². The van der Waals surface area contributed by atoms with E-state index in [1.54, 1.807) is 29.7 Å². The molecule has 1 aromatic heterocycles. The smallest absolute Gasteiger partial charge is 0.213 e. The minimum absolute atomic E-state index is 0.0658. The van der Waals surface area contributed by atoms with Gasteiger partial charge in [-0.25, -0.2) is 18.1 Å². The molecule has 0 amide bonds. The van der Waals surface area contributed by atoms with E-state index in [0.717, 1.165) is 5.52 Å². The number of aryl methyl sites for hydroxylation is 1. The van der Waals surface area contributed by atoms with Crippen molar-refractivity contribution in [3.63, 3.8) is 0 Å². The predicted octanol–water partition coefficient (Wildman–Crippen LogP) is 0.0501. The van der Waals surface area contributed by atoms with Crippen molar-refractivity contribution in [3.05, 3.63) is 24.0 Å². The molecule has 0 fully saturated rings. The van der Waals surface area contributed by atoms with Crippen LogP contribution in [-0.2, 0) is 23.2 Å². The second-order valence-electron chi connectivity index (χ2n) is 4.40. The number of aliphatic hydroxyl groups is 1. The van der Waals surface area contributed by atoms with Crippen LogP contribution < -0.4 is 10.5 Å². The van der Waals surface area contributed by atoms with E-state index in [2.05, 4.69) is 9.71 Å². The molecule has 0 saturated heterocycles. The van der Waals surface area contributed by atoms with Gasteiger partial charge in [0, 0.05) is 18.8 Å². The number of imidazole rings is 1. The molecule has 0 aliphatic carbocycles. The Morgan fingerprint density at radius 2 is 2.20 bits per heavy atom. The van der Waals surface area contributed by atoms with Gasteiger partial charge in [-0.15, -0.1) is 0 Å². The number of anilines is 1. The Hall–Kier alpha value is -1.64. The fourth-order valence-electron chi connectivity index (χ4n) is 2.07. The van der Waals surface area contributed by atoms with Crippen LogP contribution in [0.3, 0.4) is 0 Å². The molecule has 0 aliphatic rings. The van der Waals surface area contributed by atoms with Gasteiger partial charge in [-0.05, 0) is 18.2 Å². The van der Waals surface area contributed by atoms with Crippen LogP contribution in [0.2, 0.25) is 0 Å². The molecule has 20 heavy (non-hydrogen) atoms. The highest BCUT2D eigenvalue weighted by molar-refractivity contribution is 7.89. The first kappa shape index (κ1) is 14.8. The average molecular weight is 298 g/mol. The van der Waals surface area contributed by atoms with E-state index in [4.69, 9.17) is 5.73 Å². The Morgan fingerprint density at radius 3 is 2.85 bits per heavy atom. The van der Waals surface area contributed by atoms with Crippen LogP contribution in [0, 0.1) is 0 Å². The fourth-order valence-corrected chi connectivity index (χ4v) is 3.08. The van der Waals surface area contributed by atoms with Crippen molar-refractivity contribution in [2.75, 3.05) is 18.0 Å². The van der Waals surface area contributed by atoms with E-state index in [0.29, 0.717) is 23.6 Å². The summed E-state index contributed by atoms with van der Waals surface area (Å²) in [6, 6.07) is 5.20. The van der Waals surface area contributed by atoms with Crippen molar-refractivity contribution in [1.82, 2.24) is 14.3 Å². The number of fused-ring (bicyclic) bond motifs is 1. The molecule has 110 valence electrons. The van der Waals surface area contributed by atoms with E-state index in [1.807, 2.05) is 0 Å². The number of aromatic nitrogens is 2. The lowest BCUT2D eigenvalue weighted by molar-refractivity contribution is 0.266. The quantitative estimate of drug-likeness (QED) is 0.653. The molecule has 2 aromatic rings. The molecule has 4 N–H and O–H groups in total. The number of nitrogen functional groups attached to an aromatic ring is 1. The molecule has 0 saturated carbocycles. The monoisotopic (exact) mass is 298 g/mol. The minimum atomic E-state index is -3.31. The van der Waals surface area contributed by atoms with Gasteiger partial charge in [0.15, 0.2) is 0 Å². The lowest BCUT2D eigenvalue weighted by atomic mass is 10.3. The zero-order valence-corrected chi connectivity index (χ0v) is 12.0. The van der Waals surface area contributed by atoms with E-state index in [1.165, 1.54) is 0 Å². The number of nitrogens with zero attached hydrogens (tertiary/aromatic N) is 2. The fraction of sp³-hybridized carbons (Fsp3) is 0.417. The Bertz CT molecular complexity index is 709. The maximum Gasteiger partial charge on any atom is 0.213 e. The maximum atomic E-state index is 11.7. The number of hydrogen-bond acceptors (Lipinski definition) is 5. The van der Waals surface area contributed by atoms with E-state index >= 15 is 0 Å². The van der Waals surface area contributed by atoms with Crippen molar-refractivity contribution in [1.29, 1.82) is 0 Å². The highest BCUT2D eigenvalue weighted by Gasteiger charge is 2.14. The molecule has 7 nitrogen and oxygen atoms in total. The molecule has 2 rings (SSSR count). The Morgan fingerprint density at radius 1 is 1.45 bits per heavy atom. The van der Waals surface area contributed by atoms with Crippen LogP contribution in [0.25, 0.3) is 11.0 Å². The van der Waals surface area contributed by atoms with Gasteiger partial charge < -0.3 is 15.4 Å². The van der Waals surface area contributed by atoms with Crippen molar-refractivity contribution in [2.24, 2.45) is 0 Å². The molecular formula is C12H18N4O3S. The van der Waals surface area contributed by atoms with Crippen molar-refractivity contribution < 1.29 is 13.5 Å². The van der Waals surface area contributed by atoms with Gasteiger partial charge in [0.05, 0.1) is 16.8 Å². The normalized spacial score (nSPS) is 12.1. The summed E-state index contributed by atoms with van der Waals surface area (Å²) >= 11 is 0. The third kappa shape index (κ3) is 3.09. The van der Waals surface area contributed by atoms with Crippen LogP contribution in [0.1, 0.15) is 12.7 Å². The van der Waals surface area contributed by atoms with E-state index in [-0.39, 0.29) is 18.9 Å². The molecule has 1 heterocycles. The number of aliphatic hydroxyl groups excluding tert-OH is 1. The molecule has 0 radical (unpaired) electrons. The Labute approximate surface area is 117 Å². The number of benzene rings is 1. The summed E-state index contributed by atoms with van der Waals surface area (Å²) in [7, 11) is -3.31. The van der Waals surface area contributed by atoms with Crippen molar-refractivity contribution in [2.45, 2.75) is 20.1 Å². The molecule has 0 spiro atoms. The molecular weight excluding hydrogens is 280 g/mol. The van der Waals surface area contributed by atoms with Gasteiger partial charge in [-0.1, -0.05) is 6.92 Å². The average Bonchev–Trinajstić information content (AvgIpc) is 2.73. The molecule has 1 aromatic carbocycles. The summed E-state index contributed by atoms with van der Waals surface area (Å²) in [6.45, 7) is 2.06. The van der Waals surface area contributed by atoms with Gasteiger partial charge in [0.2, 0.25) is 10.0 Å². The van der Waals surface area contributed by atoms with Gasteiger partial charge in [0.1, 0.15) is 12.4 Å². The van der Waals surface area contributed by atoms with Gasteiger partial charge in [-0.2, -0.15) is 0 Å². The summed E-state index contributed by atoms with van der Waals surface area (Å²) in [5, 5.41) is 9.34. The molecule has 0 bridgehead atoms. The van der Waals surface area contributed by atoms with Gasteiger partial charge >= 0.3 is 0 Å². The van der Waals surface area contributed by atoms with E-state index in [9.17, 15) is 13.5 Å². The predicted molar refractivity (Wildman–Crippen MR) is 77.5 cm³/mol. The first-order valence-electron chi connectivity index (χ1n) is 6.29. The lowest BCUT2D eigenvalue weighted by Crippen LogP contribution is -2.28. The van der Waals surface area contributed by atoms with Crippen LogP contribution >= 0.6 is 0 Å². The third-order valence-corrected chi connectivity index (χ3v) is 4.39. The Kier molecular flexibility index (Phi) is 4.26. The minimum Gasteiger partial charge on any atom is -0.399 e. The zero-order valence-electron chi connectivity index (χ0n) is 11.2. The molecule has 0 atom stereocenters. The summed E-state index contributed by atoms with van der Waals surface area (Å²) in [5.41, 5.74) is 7.67. The topological polar surface area (TPSA) is 110 Å². The molecule has 0 aliphatic heterocycles. The van der Waals surface area contributed by atoms with Crippen LogP contribution in [0.5, 0.6) is 0 Å². The van der Waals surface area contributed by atoms with Gasteiger partial charge in [0.25, 0.3) is 0 Å². The number of rotatable bonds is 6. The third-order valence-electron chi connectivity index (χ3n) is 2.94. The summed E-state index contributed by atoms with van der Waals surface area (Å²) < 4.78 is 27.5. The van der Waals surface area contributed by atoms with E-state index < -0.39 is 10.0 Å². The summed E-state index contributed by atoms with van der Waals surface area (Å²) in [6.07, 6.45) is 0. The number of nitrogens with one attached hydrogen (secondary N) is 1. The maximum absolute atomic E-state index is 11.7. The number of hydrogen-bond donors (Lipinski definition) is 3. The van der Waals surface area contributed by atoms with Crippen molar-refractivity contribution in [3.8, 4) is 0 Å². The summed E-state index contributed by atoms with van der Waals surface area (Å²) in [5.74, 6) is 0.362. The van der Waals surface area contributed by atoms with Crippen LogP contribution in [-0.4, -0.2) is 35.4 Å². The van der Waals surface area contributed by atoms with Crippen LogP contribution in [0.4, 0.5) is 5.69 Å². The SMILES string of the molecule is CCNS(=O)(=O)CCn1c(CO)nc2cc(N)ccc21. The second kappa shape index (κ2) is 5.78. The molecule has 0 unspecified atom stereocenters. The lowest BCUT2D eigenvalue weighted by Gasteiger charge is -2.09. The first-order valence-corrected chi connectivity index (χ1v) is 7.95. The first-order chi connectivity index (χ1) is 9.46. The van der Waals surface area contributed by atoms with Gasteiger partial charge in [-0.3, -0.25) is 0 Å².